The van der Waals surface area contributed by atoms with Gasteiger partial charge in [-0.2, -0.15) is 0 Å². The zero-order chi connectivity index (χ0) is 9.56. The van der Waals surface area contributed by atoms with Gasteiger partial charge in [-0.1, -0.05) is 24.3 Å². The topological polar surface area (TPSA) is 29.1 Å². The normalized spacial score (nSPS) is 12.6. The van der Waals surface area contributed by atoms with E-state index in [4.69, 9.17) is 11.6 Å². The van der Waals surface area contributed by atoms with Crippen molar-refractivity contribution in [1.82, 2.24) is 5.32 Å². The molecule has 0 aliphatic heterocycles. The summed E-state index contributed by atoms with van der Waals surface area (Å²) in [5.41, 5.74) is 0.714. The summed E-state index contributed by atoms with van der Waals surface area (Å²) in [5, 5.41) is 3.13. The van der Waals surface area contributed by atoms with Crippen LogP contribution in [0.25, 0.3) is 0 Å². The third-order valence-electron chi connectivity index (χ3n) is 1.00. The lowest BCUT2D eigenvalue weighted by Gasteiger charge is -1.99. The van der Waals surface area contributed by atoms with Crippen molar-refractivity contribution < 1.29 is 4.79 Å². The summed E-state index contributed by atoms with van der Waals surface area (Å²) in [6.07, 6.45) is 4.89. The molecule has 0 saturated heterocycles. The van der Waals surface area contributed by atoms with E-state index in [1.807, 2.05) is 0 Å². The van der Waals surface area contributed by atoms with Gasteiger partial charge in [0.1, 0.15) is 0 Å². The lowest BCUT2D eigenvalue weighted by molar-refractivity contribution is -0.118. The number of hydrogen-bond donors (Lipinski definition) is 1. The maximum Gasteiger partial charge on any atom is 0.220 e. The van der Waals surface area contributed by atoms with Crippen molar-refractivity contribution in [2.24, 2.45) is 0 Å². The molecule has 1 N–H and O–H groups in total. The molecule has 0 atom stereocenters. The SMILES string of the molecule is C=C/C=C(Cl)\C=C(/C)NC(C)=O. The summed E-state index contributed by atoms with van der Waals surface area (Å²) in [5.74, 6) is -0.105. The number of hydrogen-bond acceptors (Lipinski definition) is 1. The molecule has 0 rings (SSSR count). The molecular formula is C9H12ClNO. The molecule has 0 saturated carbocycles. The highest BCUT2D eigenvalue weighted by molar-refractivity contribution is 6.31. The molecule has 12 heavy (non-hydrogen) atoms. The number of nitrogens with one attached hydrogen (secondary N) is 1. The summed E-state index contributed by atoms with van der Waals surface area (Å²) in [4.78, 5) is 10.6. The lowest BCUT2D eigenvalue weighted by atomic mass is 10.4. The highest BCUT2D eigenvalue weighted by atomic mass is 35.5. The first kappa shape index (κ1) is 11.0. The molecule has 0 bridgehead atoms. The smallest absolute Gasteiger partial charge is 0.220 e. The summed E-state index contributed by atoms with van der Waals surface area (Å²) in [6, 6.07) is 0. The zero-order valence-electron chi connectivity index (χ0n) is 7.23. The van der Waals surface area contributed by atoms with Crippen molar-refractivity contribution in [3.8, 4) is 0 Å². The van der Waals surface area contributed by atoms with E-state index >= 15 is 0 Å². The maximum absolute atomic E-state index is 10.6. The number of rotatable bonds is 3. The van der Waals surface area contributed by atoms with E-state index in [9.17, 15) is 4.79 Å². The van der Waals surface area contributed by atoms with E-state index in [1.165, 1.54) is 6.92 Å². The fraction of sp³-hybridized carbons (Fsp3) is 0.222. The van der Waals surface area contributed by atoms with Crippen LogP contribution in [0.15, 0.2) is 35.5 Å². The highest BCUT2D eigenvalue weighted by Gasteiger charge is 1.92. The molecule has 0 aromatic heterocycles. The van der Waals surface area contributed by atoms with Crippen molar-refractivity contribution in [2.75, 3.05) is 0 Å². The van der Waals surface area contributed by atoms with Crippen molar-refractivity contribution in [1.29, 1.82) is 0 Å². The Bertz CT molecular complexity index is 241. The molecule has 0 heterocycles. The predicted octanol–water partition coefficient (Wildman–Crippen LogP) is 2.33. The van der Waals surface area contributed by atoms with Gasteiger partial charge in [0.15, 0.2) is 0 Å². The second kappa shape index (κ2) is 5.61. The Morgan fingerprint density at radius 1 is 1.50 bits per heavy atom. The molecule has 0 aromatic carbocycles. The lowest BCUT2D eigenvalue weighted by Crippen LogP contribution is -2.16. The zero-order valence-corrected chi connectivity index (χ0v) is 7.98. The molecule has 0 fully saturated rings. The summed E-state index contributed by atoms with van der Waals surface area (Å²) >= 11 is 5.72. The fourth-order valence-corrected chi connectivity index (χ4v) is 0.934. The van der Waals surface area contributed by atoms with Gasteiger partial charge in [-0.15, -0.1) is 0 Å². The average molecular weight is 186 g/mol. The van der Waals surface area contributed by atoms with Crippen molar-refractivity contribution >= 4 is 17.5 Å². The number of carbonyl (C=O) groups is 1. The third-order valence-corrected chi connectivity index (χ3v) is 1.24. The average Bonchev–Trinajstić information content (AvgIpc) is 1.84. The first-order valence-electron chi connectivity index (χ1n) is 3.50. The molecule has 0 aliphatic carbocycles. The van der Waals surface area contributed by atoms with Crippen molar-refractivity contribution in [2.45, 2.75) is 13.8 Å². The summed E-state index contributed by atoms with van der Waals surface area (Å²) < 4.78 is 0. The van der Waals surface area contributed by atoms with Gasteiger partial charge in [0.25, 0.3) is 0 Å². The fourth-order valence-electron chi connectivity index (χ4n) is 0.681. The van der Waals surface area contributed by atoms with Crippen LogP contribution in [0.3, 0.4) is 0 Å². The third kappa shape index (κ3) is 5.74. The van der Waals surface area contributed by atoms with Crippen LogP contribution in [-0.2, 0) is 4.79 Å². The Kier molecular flexibility index (Phi) is 5.13. The van der Waals surface area contributed by atoms with Crippen LogP contribution in [0.1, 0.15) is 13.8 Å². The monoisotopic (exact) mass is 185 g/mol. The predicted molar refractivity (Wildman–Crippen MR) is 51.7 cm³/mol. The second-order valence-electron chi connectivity index (χ2n) is 2.30. The van der Waals surface area contributed by atoms with Gasteiger partial charge in [-0.05, 0) is 19.1 Å². The van der Waals surface area contributed by atoms with Crippen LogP contribution in [0.2, 0.25) is 0 Å². The summed E-state index contributed by atoms with van der Waals surface area (Å²) in [7, 11) is 0. The van der Waals surface area contributed by atoms with Gasteiger partial charge in [0.05, 0.1) is 0 Å². The molecule has 0 radical (unpaired) electrons. The largest absolute Gasteiger partial charge is 0.330 e. The Labute approximate surface area is 77.6 Å². The van der Waals surface area contributed by atoms with Gasteiger partial charge < -0.3 is 5.32 Å². The van der Waals surface area contributed by atoms with Crippen LogP contribution in [-0.4, -0.2) is 5.91 Å². The van der Waals surface area contributed by atoms with Crippen molar-refractivity contribution in [3.63, 3.8) is 0 Å². The molecule has 0 aromatic rings. The van der Waals surface area contributed by atoms with E-state index in [-0.39, 0.29) is 5.91 Å². The van der Waals surface area contributed by atoms with Crippen LogP contribution in [0.5, 0.6) is 0 Å². The Morgan fingerprint density at radius 2 is 2.08 bits per heavy atom. The number of allylic oxidation sites excluding steroid dienone is 5. The molecule has 0 spiro atoms. The number of halogens is 1. The summed E-state index contributed by atoms with van der Waals surface area (Å²) in [6.45, 7) is 6.70. The van der Waals surface area contributed by atoms with Crippen LogP contribution in [0, 0.1) is 0 Å². The highest BCUT2D eigenvalue weighted by Crippen LogP contribution is 2.05. The van der Waals surface area contributed by atoms with Gasteiger partial charge in [0, 0.05) is 17.7 Å². The first-order valence-corrected chi connectivity index (χ1v) is 3.88. The second-order valence-corrected chi connectivity index (χ2v) is 2.73. The van der Waals surface area contributed by atoms with E-state index in [0.29, 0.717) is 10.7 Å². The minimum atomic E-state index is -0.105. The molecule has 0 aliphatic rings. The van der Waals surface area contributed by atoms with Crippen LogP contribution < -0.4 is 5.32 Å². The minimum absolute atomic E-state index is 0.105. The molecule has 2 nitrogen and oxygen atoms in total. The standard InChI is InChI=1S/C9H12ClNO/c1-4-5-9(10)6-7(2)11-8(3)12/h4-6H,1H2,2-3H3,(H,11,12)/b7-6+,9-5+. The Morgan fingerprint density at radius 3 is 2.50 bits per heavy atom. The molecule has 66 valence electrons. The minimum Gasteiger partial charge on any atom is -0.330 e. The Hall–Kier alpha value is -1.02. The number of amides is 1. The molecule has 3 heteroatoms. The van der Waals surface area contributed by atoms with Crippen LogP contribution >= 0.6 is 11.6 Å². The van der Waals surface area contributed by atoms with Crippen LogP contribution in [0.4, 0.5) is 0 Å². The van der Waals surface area contributed by atoms with E-state index < -0.39 is 0 Å². The first-order chi connectivity index (χ1) is 5.56. The van der Waals surface area contributed by atoms with Gasteiger partial charge in [-0.3, -0.25) is 4.79 Å². The van der Waals surface area contributed by atoms with E-state index in [1.54, 1.807) is 25.2 Å². The number of carbonyl (C=O) groups excluding carboxylic acids is 1. The van der Waals surface area contributed by atoms with Gasteiger partial charge >= 0.3 is 0 Å². The Balaban J connectivity index is 4.24. The molecule has 0 unspecified atom stereocenters. The van der Waals surface area contributed by atoms with E-state index in [2.05, 4.69) is 11.9 Å². The molecular weight excluding hydrogens is 174 g/mol. The maximum atomic E-state index is 10.6. The van der Waals surface area contributed by atoms with Gasteiger partial charge in [-0.25, -0.2) is 0 Å². The van der Waals surface area contributed by atoms with Crippen molar-refractivity contribution in [3.05, 3.63) is 35.5 Å². The van der Waals surface area contributed by atoms with Gasteiger partial charge in [0.2, 0.25) is 5.91 Å². The molecule has 1 amide bonds. The van der Waals surface area contributed by atoms with E-state index in [0.717, 1.165) is 0 Å². The quantitative estimate of drug-likeness (QED) is 0.672.